The lowest BCUT2D eigenvalue weighted by molar-refractivity contribution is -0.139. The highest BCUT2D eigenvalue weighted by Crippen LogP contribution is 2.26. The molecule has 1 atom stereocenters. The number of aromatic nitrogens is 1. The van der Waals surface area contributed by atoms with Gasteiger partial charge in [0.15, 0.2) is 0 Å². The number of carbonyl (C=O) groups is 3. The number of allylic oxidation sites excluding steroid dienone is 3. The Morgan fingerprint density at radius 3 is 2.56 bits per heavy atom. The van der Waals surface area contributed by atoms with Gasteiger partial charge in [-0.2, -0.15) is 0 Å². The number of anilines is 2. The van der Waals surface area contributed by atoms with Gasteiger partial charge in [-0.15, -0.1) is 0 Å². The van der Waals surface area contributed by atoms with Gasteiger partial charge in [0, 0.05) is 49.2 Å². The SMILES string of the molecule is CCc1cnc(N2CCN(C(=O)c3ccc(N4C(=O)OC[C@H]4COC(=O)C4=CC=CCC4)cc3)CC2)c(C)c1. The molecule has 1 aromatic heterocycles. The molecule has 2 saturated heterocycles. The summed E-state index contributed by atoms with van der Waals surface area (Å²) in [6.07, 6.45) is 9.45. The van der Waals surface area contributed by atoms with E-state index in [2.05, 4.69) is 29.8 Å². The van der Waals surface area contributed by atoms with Crippen molar-refractivity contribution in [3.8, 4) is 0 Å². The van der Waals surface area contributed by atoms with Crippen molar-refractivity contribution in [2.45, 2.75) is 39.2 Å². The quantitative estimate of drug-likeness (QED) is 0.499. The van der Waals surface area contributed by atoms with E-state index in [9.17, 15) is 14.4 Å². The Morgan fingerprint density at radius 1 is 1.13 bits per heavy atom. The molecule has 9 heteroatoms. The molecule has 3 aliphatic rings. The molecule has 0 radical (unpaired) electrons. The number of amides is 2. The van der Waals surface area contributed by atoms with Crippen molar-refractivity contribution in [3.05, 3.63) is 77.0 Å². The van der Waals surface area contributed by atoms with Crippen LogP contribution in [0.3, 0.4) is 0 Å². The van der Waals surface area contributed by atoms with E-state index in [0.29, 0.717) is 36.3 Å². The Morgan fingerprint density at radius 2 is 1.90 bits per heavy atom. The Balaban J connectivity index is 1.18. The number of benzene rings is 1. The number of aryl methyl sites for hydroxylation is 2. The van der Waals surface area contributed by atoms with Gasteiger partial charge >= 0.3 is 12.1 Å². The molecule has 1 aromatic carbocycles. The molecule has 0 bridgehead atoms. The number of cyclic esters (lactones) is 1. The summed E-state index contributed by atoms with van der Waals surface area (Å²) < 4.78 is 10.7. The van der Waals surface area contributed by atoms with Crippen molar-refractivity contribution >= 4 is 29.5 Å². The van der Waals surface area contributed by atoms with Crippen LogP contribution in [0.4, 0.5) is 16.3 Å². The number of esters is 1. The van der Waals surface area contributed by atoms with E-state index >= 15 is 0 Å². The minimum atomic E-state index is -0.498. The molecule has 204 valence electrons. The number of rotatable bonds is 7. The van der Waals surface area contributed by atoms with Crippen LogP contribution in [-0.4, -0.2) is 73.3 Å². The Hall–Kier alpha value is -4.14. The van der Waals surface area contributed by atoms with Gasteiger partial charge in [-0.1, -0.05) is 31.2 Å². The van der Waals surface area contributed by atoms with Crippen LogP contribution in [0.1, 0.15) is 41.3 Å². The molecular formula is C30H34N4O5. The van der Waals surface area contributed by atoms with Crippen molar-refractivity contribution in [2.75, 3.05) is 49.2 Å². The van der Waals surface area contributed by atoms with Crippen molar-refractivity contribution in [2.24, 2.45) is 0 Å². The molecule has 0 N–H and O–H groups in total. The van der Waals surface area contributed by atoms with E-state index < -0.39 is 12.1 Å². The van der Waals surface area contributed by atoms with E-state index in [1.807, 2.05) is 23.2 Å². The molecule has 3 heterocycles. The predicted octanol–water partition coefficient (Wildman–Crippen LogP) is 4.06. The van der Waals surface area contributed by atoms with Crippen LogP contribution in [-0.2, 0) is 20.7 Å². The predicted molar refractivity (Wildman–Crippen MR) is 148 cm³/mol. The van der Waals surface area contributed by atoms with Crippen molar-refractivity contribution < 1.29 is 23.9 Å². The van der Waals surface area contributed by atoms with Crippen LogP contribution in [0.2, 0.25) is 0 Å². The molecule has 9 nitrogen and oxygen atoms in total. The number of carbonyl (C=O) groups excluding carboxylic acids is 3. The number of nitrogens with zero attached hydrogens (tertiary/aromatic N) is 4. The second-order valence-corrected chi connectivity index (χ2v) is 10.0. The zero-order valence-electron chi connectivity index (χ0n) is 22.5. The highest BCUT2D eigenvalue weighted by Gasteiger charge is 2.35. The van der Waals surface area contributed by atoms with Gasteiger partial charge in [0.2, 0.25) is 0 Å². The summed E-state index contributed by atoms with van der Waals surface area (Å²) in [7, 11) is 0. The third-order valence-electron chi connectivity index (χ3n) is 7.42. The first-order valence-electron chi connectivity index (χ1n) is 13.5. The summed E-state index contributed by atoms with van der Waals surface area (Å²) in [5.41, 5.74) is 4.15. The monoisotopic (exact) mass is 530 g/mol. The first kappa shape index (κ1) is 26.5. The Labute approximate surface area is 228 Å². The summed E-state index contributed by atoms with van der Waals surface area (Å²) in [6, 6.07) is 8.68. The number of ether oxygens (including phenoxy) is 2. The molecular weight excluding hydrogens is 496 g/mol. The summed E-state index contributed by atoms with van der Waals surface area (Å²) in [6.45, 7) is 7.01. The highest BCUT2D eigenvalue weighted by atomic mass is 16.6. The van der Waals surface area contributed by atoms with Crippen LogP contribution in [0, 0.1) is 6.92 Å². The molecule has 2 aliphatic heterocycles. The van der Waals surface area contributed by atoms with Crippen LogP contribution in [0.5, 0.6) is 0 Å². The van der Waals surface area contributed by atoms with E-state index in [4.69, 9.17) is 9.47 Å². The van der Waals surface area contributed by atoms with Gasteiger partial charge in [-0.25, -0.2) is 14.6 Å². The Kier molecular flexibility index (Phi) is 7.95. The number of piperazine rings is 1. The minimum absolute atomic E-state index is 0.0338. The van der Waals surface area contributed by atoms with Gasteiger partial charge in [0.1, 0.15) is 25.1 Å². The van der Waals surface area contributed by atoms with Crippen molar-refractivity contribution in [1.29, 1.82) is 0 Å². The maximum Gasteiger partial charge on any atom is 0.414 e. The minimum Gasteiger partial charge on any atom is -0.460 e. The largest absolute Gasteiger partial charge is 0.460 e. The molecule has 0 unspecified atom stereocenters. The second kappa shape index (κ2) is 11.7. The standard InChI is InChI=1S/C30H34N4O5/c1-3-22-17-21(2)27(31-18-22)32-13-15-33(16-14-32)28(35)23-9-11-25(12-10-23)34-26(20-39-30(34)37)19-38-29(36)24-7-5-4-6-8-24/h4-5,7,9-12,17-18,26H,3,6,8,13-16,19-20H2,1-2H3/t26-/m1/s1. The summed E-state index contributed by atoms with van der Waals surface area (Å²) in [4.78, 5) is 48.3. The van der Waals surface area contributed by atoms with Crippen LogP contribution in [0.15, 0.2) is 60.3 Å². The third-order valence-corrected chi connectivity index (χ3v) is 7.42. The lowest BCUT2D eigenvalue weighted by atomic mass is 10.1. The molecule has 5 rings (SSSR count). The molecule has 0 spiro atoms. The van der Waals surface area contributed by atoms with Crippen molar-refractivity contribution in [1.82, 2.24) is 9.88 Å². The molecule has 2 fully saturated rings. The molecule has 0 saturated carbocycles. The average molecular weight is 531 g/mol. The molecule has 2 aromatic rings. The maximum absolute atomic E-state index is 13.2. The molecule has 39 heavy (non-hydrogen) atoms. The maximum atomic E-state index is 13.2. The first-order chi connectivity index (χ1) is 18.9. The fourth-order valence-corrected chi connectivity index (χ4v) is 5.16. The van der Waals surface area contributed by atoms with Gasteiger partial charge < -0.3 is 19.3 Å². The summed E-state index contributed by atoms with van der Waals surface area (Å²) in [5.74, 6) is 0.564. The zero-order valence-corrected chi connectivity index (χ0v) is 22.5. The highest BCUT2D eigenvalue weighted by molar-refractivity contribution is 5.96. The van der Waals surface area contributed by atoms with Crippen LogP contribution in [0.25, 0.3) is 0 Å². The topological polar surface area (TPSA) is 92.3 Å². The van der Waals surface area contributed by atoms with Gasteiger partial charge in [0.25, 0.3) is 5.91 Å². The lowest BCUT2D eigenvalue weighted by Gasteiger charge is -2.36. The zero-order chi connectivity index (χ0) is 27.4. The fraction of sp³-hybridized carbons (Fsp3) is 0.400. The lowest BCUT2D eigenvalue weighted by Crippen LogP contribution is -2.49. The summed E-state index contributed by atoms with van der Waals surface area (Å²) in [5, 5.41) is 0. The normalized spacial score (nSPS) is 19.1. The van der Waals surface area contributed by atoms with Gasteiger partial charge in [0.05, 0.1) is 0 Å². The number of pyridine rings is 1. The smallest absolute Gasteiger partial charge is 0.414 e. The number of hydrogen-bond donors (Lipinski definition) is 0. The number of hydrogen-bond acceptors (Lipinski definition) is 7. The fourth-order valence-electron chi connectivity index (χ4n) is 5.16. The van der Waals surface area contributed by atoms with Gasteiger partial charge in [-0.3, -0.25) is 9.69 Å². The second-order valence-electron chi connectivity index (χ2n) is 10.0. The Bertz CT molecular complexity index is 1290. The third kappa shape index (κ3) is 5.82. The molecule has 2 amide bonds. The van der Waals surface area contributed by atoms with E-state index in [0.717, 1.165) is 37.3 Å². The van der Waals surface area contributed by atoms with E-state index in [1.165, 1.54) is 10.5 Å². The van der Waals surface area contributed by atoms with Crippen molar-refractivity contribution in [3.63, 3.8) is 0 Å². The average Bonchev–Trinajstić information content (AvgIpc) is 3.36. The molecule has 1 aliphatic carbocycles. The van der Waals surface area contributed by atoms with Crippen LogP contribution < -0.4 is 9.80 Å². The van der Waals surface area contributed by atoms with Gasteiger partial charge in [-0.05, 0) is 61.6 Å². The first-order valence-corrected chi connectivity index (χ1v) is 13.5. The van der Waals surface area contributed by atoms with Crippen LogP contribution >= 0.6 is 0 Å². The van der Waals surface area contributed by atoms with E-state index in [1.54, 1.807) is 30.3 Å². The summed E-state index contributed by atoms with van der Waals surface area (Å²) >= 11 is 0. The van der Waals surface area contributed by atoms with E-state index in [-0.39, 0.29) is 25.1 Å².